The summed E-state index contributed by atoms with van der Waals surface area (Å²) < 4.78 is 28.3. The first-order valence-electron chi connectivity index (χ1n) is 15.6. The van der Waals surface area contributed by atoms with Crippen LogP contribution in [0.2, 0.25) is 0 Å². The fourth-order valence-electron chi connectivity index (χ4n) is 6.18. The van der Waals surface area contributed by atoms with Gasteiger partial charge in [0.1, 0.15) is 17.5 Å². The highest BCUT2D eigenvalue weighted by Crippen LogP contribution is 2.39. The number of nitrogens with one attached hydrogen (secondary N) is 2. The van der Waals surface area contributed by atoms with Gasteiger partial charge < -0.3 is 44.0 Å². The third kappa shape index (κ3) is 6.31. The minimum Gasteiger partial charge on any atom is -0.504 e. The summed E-state index contributed by atoms with van der Waals surface area (Å²) >= 11 is 0. The zero-order valence-electron chi connectivity index (χ0n) is 26.4. The second kappa shape index (κ2) is 12.8. The van der Waals surface area contributed by atoms with Crippen LogP contribution in [-0.2, 0) is 33.8 Å². The Morgan fingerprint density at radius 1 is 1.04 bits per heavy atom. The third-order valence-electron chi connectivity index (χ3n) is 8.70. The molecule has 0 spiro atoms. The van der Waals surface area contributed by atoms with Gasteiger partial charge in [0.2, 0.25) is 30.4 Å². The lowest BCUT2D eigenvalue weighted by atomic mass is 10.1. The second-order valence-electron chi connectivity index (χ2n) is 11.9. The Morgan fingerprint density at radius 3 is 2.75 bits per heavy atom. The van der Waals surface area contributed by atoms with Gasteiger partial charge >= 0.3 is 0 Å². The van der Waals surface area contributed by atoms with Crippen molar-refractivity contribution in [3.05, 3.63) is 77.2 Å². The molecule has 0 aliphatic carbocycles. The van der Waals surface area contributed by atoms with Gasteiger partial charge in [-0.25, -0.2) is 4.98 Å². The molecule has 3 aliphatic heterocycles. The number of amides is 3. The monoisotopic (exact) mass is 654 g/mol. The lowest BCUT2D eigenvalue weighted by molar-refractivity contribution is -0.138. The van der Waals surface area contributed by atoms with E-state index in [0.717, 1.165) is 11.1 Å². The van der Waals surface area contributed by atoms with Crippen molar-refractivity contribution in [2.45, 2.75) is 51.2 Å². The van der Waals surface area contributed by atoms with E-state index in [4.69, 9.17) is 23.4 Å². The van der Waals surface area contributed by atoms with E-state index in [1.165, 1.54) is 18.1 Å². The SMILES string of the molecule is COc1ccc2cc1Oc1cc(ccc1O)CCC(=O)N1C[C@@H](NC(=O)Cc3ccc4c(c3)OCO4)C[C@H]1C(=O)NCc1nc-2oc1C. The number of nitrogens with zero attached hydrogens (tertiary/aromatic N) is 2. The fourth-order valence-corrected chi connectivity index (χ4v) is 6.18. The molecule has 6 bridgehead atoms. The van der Waals surface area contributed by atoms with Gasteiger partial charge in [0, 0.05) is 24.6 Å². The molecule has 248 valence electrons. The van der Waals surface area contributed by atoms with Crippen molar-refractivity contribution in [2.24, 2.45) is 0 Å². The number of phenols is 1. The number of oxazole rings is 1. The summed E-state index contributed by atoms with van der Waals surface area (Å²) in [7, 11) is 1.51. The van der Waals surface area contributed by atoms with Crippen LogP contribution in [0.25, 0.3) is 11.5 Å². The lowest BCUT2D eigenvalue weighted by Gasteiger charge is -2.24. The van der Waals surface area contributed by atoms with Crippen molar-refractivity contribution in [3.8, 4) is 46.0 Å². The number of methoxy groups -OCH3 is 1. The number of hydrogen-bond acceptors (Lipinski definition) is 10. The topological polar surface area (TPSA) is 162 Å². The van der Waals surface area contributed by atoms with E-state index in [9.17, 15) is 19.5 Å². The number of aromatic hydroxyl groups is 1. The summed E-state index contributed by atoms with van der Waals surface area (Å²) in [5.74, 6) is 2.08. The third-order valence-corrected chi connectivity index (χ3v) is 8.70. The summed E-state index contributed by atoms with van der Waals surface area (Å²) in [6.07, 6.45) is 0.774. The average molecular weight is 655 g/mol. The number of phenolic OH excluding ortho intramolecular Hbond substituents is 1. The molecule has 3 aliphatic rings. The van der Waals surface area contributed by atoms with E-state index in [0.29, 0.717) is 52.3 Å². The van der Waals surface area contributed by atoms with Crippen molar-refractivity contribution in [1.82, 2.24) is 20.5 Å². The summed E-state index contributed by atoms with van der Waals surface area (Å²) in [5, 5.41) is 16.5. The average Bonchev–Trinajstić information content (AvgIpc) is 3.81. The number of carbonyl (C=O) groups excluding carboxylic acids is 3. The standard InChI is InChI=1S/C35H34N4O9/c1-19-24-16-36-34(43)25-15-23(37-32(41)13-21-4-8-28-30(12-21)46-18-45-28)17-39(25)33(42)10-5-20-3-7-26(40)29(11-20)48-31-14-22(35(38-24)47-19)6-9-27(31)44-2/h3-4,6-9,11-12,14,23,25,40H,5,10,13,15-18H2,1-2H3,(H,36,43)(H,37,41)/t23-,25-/m0/s1. The Morgan fingerprint density at radius 2 is 1.90 bits per heavy atom. The van der Waals surface area contributed by atoms with Crippen LogP contribution in [0.1, 0.15) is 35.4 Å². The minimum absolute atomic E-state index is 0.0752. The van der Waals surface area contributed by atoms with E-state index in [1.54, 1.807) is 55.5 Å². The Hall–Kier alpha value is -5.72. The van der Waals surface area contributed by atoms with Gasteiger partial charge in [0.05, 0.1) is 20.1 Å². The summed E-state index contributed by atoms with van der Waals surface area (Å²) in [6, 6.07) is 14.2. The van der Waals surface area contributed by atoms with Crippen LogP contribution in [0.3, 0.4) is 0 Å². The molecule has 1 aromatic heterocycles. The largest absolute Gasteiger partial charge is 0.504 e. The van der Waals surface area contributed by atoms with Crippen LogP contribution in [0, 0.1) is 6.92 Å². The molecule has 0 saturated carbocycles. The normalized spacial score (nSPS) is 18.7. The zero-order valence-corrected chi connectivity index (χ0v) is 26.4. The summed E-state index contributed by atoms with van der Waals surface area (Å²) in [6.45, 7) is 2.14. The lowest BCUT2D eigenvalue weighted by Crippen LogP contribution is -2.46. The van der Waals surface area contributed by atoms with Gasteiger partial charge in [-0.2, -0.15) is 0 Å². The second-order valence-corrected chi connectivity index (χ2v) is 11.9. The molecule has 2 atom stereocenters. The van der Waals surface area contributed by atoms with Gasteiger partial charge in [-0.05, 0) is 73.4 Å². The van der Waals surface area contributed by atoms with Gasteiger partial charge in [-0.3, -0.25) is 14.4 Å². The van der Waals surface area contributed by atoms with E-state index in [1.807, 2.05) is 0 Å². The maximum absolute atomic E-state index is 13.7. The molecule has 0 radical (unpaired) electrons. The Labute approximate surface area is 275 Å². The number of carbonyl (C=O) groups is 3. The highest BCUT2D eigenvalue weighted by molar-refractivity contribution is 5.89. The number of hydrogen-bond donors (Lipinski definition) is 3. The van der Waals surface area contributed by atoms with E-state index >= 15 is 0 Å². The van der Waals surface area contributed by atoms with Crippen molar-refractivity contribution >= 4 is 17.7 Å². The number of ether oxygens (including phenoxy) is 4. The van der Waals surface area contributed by atoms with E-state index < -0.39 is 12.1 Å². The van der Waals surface area contributed by atoms with Gasteiger partial charge in [0.25, 0.3) is 0 Å². The van der Waals surface area contributed by atoms with Gasteiger partial charge in [-0.1, -0.05) is 12.1 Å². The highest BCUT2D eigenvalue weighted by atomic mass is 16.7. The van der Waals surface area contributed by atoms with Crippen LogP contribution in [0.15, 0.2) is 59.0 Å². The van der Waals surface area contributed by atoms with Crippen LogP contribution < -0.4 is 29.6 Å². The molecule has 4 heterocycles. The Bertz CT molecular complexity index is 1900. The zero-order chi connectivity index (χ0) is 33.4. The van der Waals surface area contributed by atoms with Crippen molar-refractivity contribution in [3.63, 3.8) is 0 Å². The molecule has 3 N–H and O–H groups in total. The molecule has 7 rings (SSSR count). The molecule has 3 amide bonds. The van der Waals surface area contributed by atoms with Crippen LogP contribution in [0.5, 0.6) is 34.5 Å². The fraction of sp³-hybridized carbons (Fsp3) is 0.314. The summed E-state index contributed by atoms with van der Waals surface area (Å²) in [4.78, 5) is 46.5. The molecule has 13 heteroatoms. The van der Waals surface area contributed by atoms with Gasteiger partial charge in [0.15, 0.2) is 34.5 Å². The summed E-state index contributed by atoms with van der Waals surface area (Å²) in [5.41, 5.74) is 2.63. The number of benzene rings is 3. The smallest absolute Gasteiger partial charge is 0.243 e. The first-order chi connectivity index (χ1) is 23.2. The maximum Gasteiger partial charge on any atom is 0.243 e. The number of rotatable bonds is 4. The Kier molecular flexibility index (Phi) is 8.26. The quantitative estimate of drug-likeness (QED) is 0.295. The molecule has 4 aromatic rings. The number of aryl methyl sites for hydroxylation is 2. The molecular weight excluding hydrogens is 620 g/mol. The van der Waals surface area contributed by atoms with E-state index in [-0.39, 0.29) is 68.4 Å². The van der Waals surface area contributed by atoms with E-state index in [2.05, 4.69) is 15.6 Å². The first-order valence-corrected chi connectivity index (χ1v) is 15.6. The Balaban J connectivity index is 1.14. The molecule has 48 heavy (non-hydrogen) atoms. The number of aromatic nitrogens is 1. The van der Waals surface area contributed by atoms with Crippen molar-refractivity contribution < 1.29 is 42.9 Å². The first kappa shape index (κ1) is 30.9. The van der Waals surface area contributed by atoms with Crippen molar-refractivity contribution in [1.29, 1.82) is 0 Å². The molecule has 1 fully saturated rings. The molecule has 13 nitrogen and oxygen atoms in total. The predicted octanol–water partition coefficient (Wildman–Crippen LogP) is 3.78. The predicted molar refractivity (Wildman–Crippen MR) is 170 cm³/mol. The molecule has 1 saturated heterocycles. The van der Waals surface area contributed by atoms with Crippen LogP contribution in [0.4, 0.5) is 0 Å². The van der Waals surface area contributed by atoms with Crippen molar-refractivity contribution in [2.75, 3.05) is 20.4 Å². The highest BCUT2D eigenvalue weighted by Gasteiger charge is 2.40. The molecular formula is C35H34N4O9. The number of fused-ring (bicyclic) bond motifs is 9. The minimum atomic E-state index is -0.804. The van der Waals surface area contributed by atoms with Gasteiger partial charge in [-0.15, -0.1) is 0 Å². The van der Waals surface area contributed by atoms with Crippen LogP contribution >= 0.6 is 0 Å². The van der Waals surface area contributed by atoms with Crippen LogP contribution in [-0.4, -0.2) is 65.2 Å². The molecule has 0 unspecified atom stereocenters. The maximum atomic E-state index is 13.7. The molecule has 3 aromatic carbocycles.